The van der Waals surface area contributed by atoms with Crippen LogP contribution in [0, 0.1) is 11.3 Å². The van der Waals surface area contributed by atoms with Crippen LogP contribution in [-0.2, 0) is 9.59 Å². The fourth-order valence-electron chi connectivity index (χ4n) is 5.46. The smallest absolute Gasteiger partial charge is 0.228 e. The Labute approximate surface area is 164 Å². The molecule has 1 N–H and O–H groups in total. The number of nitrogens with zero attached hydrogens (tertiary/aromatic N) is 2. The first kappa shape index (κ1) is 19.2. The molecule has 0 aromatic heterocycles. The minimum absolute atomic E-state index is 0.109. The van der Waals surface area contributed by atoms with E-state index in [0.29, 0.717) is 18.0 Å². The van der Waals surface area contributed by atoms with E-state index in [1.54, 1.807) is 0 Å². The maximum Gasteiger partial charge on any atom is 0.228 e. The zero-order valence-corrected chi connectivity index (χ0v) is 17.0. The number of amides is 2. The van der Waals surface area contributed by atoms with Crippen molar-refractivity contribution in [2.75, 3.05) is 26.2 Å². The number of rotatable bonds is 4. The van der Waals surface area contributed by atoms with E-state index in [9.17, 15) is 9.59 Å². The molecule has 5 heteroatoms. The molecule has 4 aliphatic rings. The summed E-state index contributed by atoms with van der Waals surface area (Å²) < 4.78 is 0. The Hall–Kier alpha value is -1.10. The monoisotopic (exact) mass is 375 g/mol. The predicted octanol–water partition coefficient (Wildman–Crippen LogP) is 2.94. The molecule has 0 bridgehead atoms. The van der Waals surface area contributed by atoms with Crippen molar-refractivity contribution in [3.05, 3.63) is 0 Å². The lowest BCUT2D eigenvalue weighted by molar-refractivity contribution is -0.144. The van der Waals surface area contributed by atoms with Crippen LogP contribution in [0.15, 0.2) is 0 Å². The van der Waals surface area contributed by atoms with Crippen LogP contribution in [0.5, 0.6) is 0 Å². The summed E-state index contributed by atoms with van der Waals surface area (Å²) in [6.45, 7) is 6.01. The summed E-state index contributed by atoms with van der Waals surface area (Å²) in [6.07, 6.45) is 12.4. The molecule has 2 amide bonds. The van der Waals surface area contributed by atoms with Crippen LogP contribution in [0.2, 0.25) is 0 Å². The highest BCUT2D eigenvalue weighted by atomic mass is 16.2. The van der Waals surface area contributed by atoms with E-state index in [1.807, 2.05) is 0 Å². The first-order valence-corrected chi connectivity index (χ1v) is 11.4. The topological polar surface area (TPSA) is 52.7 Å². The van der Waals surface area contributed by atoms with Crippen molar-refractivity contribution in [1.82, 2.24) is 15.1 Å². The van der Waals surface area contributed by atoms with Gasteiger partial charge >= 0.3 is 0 Å². The molecule has 152 valence electrons. The average molecular weight is 376 g/mol. The fourth-order valence-corrected chi connectivity index (χ4v) is 5.46. The molecule has 0 unspecified atom stereocenters. The van der Waals surface area contributed by atoms with Crippen molar-refractivity contribution in [2.45, 2.75) is 89.6 Å². The molecular weight excluding hydrogens is 338 g/mol. The van der Waals surface area contributed by atoms with Crippen molar-refractivity contribution in [2.24, 2.45) is 11.3 Å². The van der Waals surface area contributed by atoms with Gasteiger partial charge in [-0.05, 0) is 57.9 Å². The van der Waals surface area contributed by atoms with Crippen LogP contribution in [0.1, 0.15) is 77.6 Å². The number of carbonyl (C=O) groups excluding carboxylic acids is 2. The SMILES string of the molecule is CC1(C(=O)N2CCC(N3CCC[C@@H](C(=O)NC4CC4)C3)CC2)CCCCC1. The molecule has 2 saturated heterocycles. The molecule has 2 aliphatic carbocycles. The zero-order valence-electron chi connectivity index (χ0n) is 17.0. The van der Waals surface area contributed by atoms with Gasteiger partial charge in [-0.2, -0.15) is 0 Å². The molecule has 0 spiro atoms. The van der Waals surface area contributed by atoms with E-state index in [1.165, 1.54) is 19.3 Å². The number of piperidine rings is 2. The van der Waals surface area contributed by atoms with Gasteiger partial charge in [-0.3, -0.25) is 14.5 Å². The standard InChI is InChI=1S/C22H37N3O2/c1-22(11-3-2-4-12-22)21(27)24-14-9-19(10-15-24)25-13-5-6-17(16-25)20(26)23-18-7-8-18/h17-19H,2-16H2,1H3,(H,23,26)/t17-/m1/s1. The molecule has 1 atom stereocenters. The van der Waals surface area contributed by atoms with Crippen LogP contribution in [0.4, 0.5) is 0 Å². The average Bonchev–Trinajstić information content (AvgIpc) is 3.52. The first-order chi connectivity index (χ1) is 13.0. The summed E-state index contributed by atoms with van der Waals surface area (Å²) in [5, 5.41) is 3.19. The minimum Gasteiger partial charge on any atom is -0.353 e. The van der Waals surface area contributed by atoms with Crippen molar-refractivity contribution in [3.63, 3.8) is 0 Å². The van der Waals surface area contributed by atoms with Crippen molar-refractivity contribution >= 4 is 11.8 Å². The maximum atomic E-state index is 13.1. The van der Waals surface area contributed by atoms with Gasteiger partial charge in [0.2, 0.25) is 11.8 Å². The summed E-state index contributed by atoms with van der Waals surface area (Å²) in [5.41, 5.74) is -0.109. The minimum atomic E-state index is -0.109. The Kier molecular flexibility index (Phi) is 5.77. The number of hydrogen-bond acceptors (Lipinski definition) is 3. The third-order valence-electron chi connectivity index (χ3n) is 7.49. The Balaban J connectivity index is 1.27. The van der Waals surface area contributed by atoms with Gasteiger partial charge in [-0.1, -0.05) is 26.2 Å². The predicted molar refractivity (Wildman–Crippen MR) is 106 cm³/mol. The van der Waals surface area contributed by atoms with Crippen molar-refractivity contribution < 1.29 is 9.59 Å². The van der Waals surface area contributed by atoms with E-state index in [2.05, 4.69) is 22.0 Å². The Morgan fingerprint density at radius 3 is 2.26 bits per heavy atom. The maximum absolute atomic E-state index is 13.1. The second-order valence-electron chi connectivity index (χ2n) is 9.76. The van der Waals surface area contributed by atoms with Gasteiger partial charge in [0, 0.05) is 37.1 Å². The van der Waals surface area contributed by atoms with E-state index in [0.717, 1.165) is 77.5 Å². The second kappa shape index (κ2) is 8.10. The number of hydrogen-bond donors (Lipinski definition) is 1. The van der Waals surface area contributed by atoms with Gasteiger partial charge in [0.1, 0.15) is 0 Å². The van der Waals surface area contributed by atoms with Gasteiger partial charge < -0.3 is 10.2 Å². The highest BCUT2D eigenvalue weighted by molar-refractivity contribution is 5.82. The van der Waals surface area contributed by atoms with Crippen LogP contribution in [0.3, 0.4) is 0 Å². The molecule has 2 heterocycles. The molecule has 0 radical (unpaired) electrons. The molecule has 2 saturated carbocycles. The summed E-state index contributed by atoms with van der Waals surface area (Å²) in [7, 11) is 0. The van der Waals surface area contributed by atoms with Crippen LogP contribution < -0.4 is 5.32 Å². The van der Waals surface area contributed by atoms with E-state index < -0.39 is 0 Å². The van der Waals surface area contributed by atoms with Crippen molar-refractivity contribution in [3.8, 4) is 0 Å². The van der Waals surface area contributed by atoms with E-state index >= 15 is 0 Å². The number of likely N-dealkylation sites (tertiary alicyclic amines) is 2. The normalized spacial score (nSPS) is 30.1. The second-order valence-corrected chi connectivity index (χ2v) is 9.76. The Morgan fingerprint density at radius 2 is 1.59 bits per heavy atom. The quantitative estimate of drug-likeness (QED) is 0.822. The third-order valence-corrected chi connectivity index (χ3v) is 7.49. The van der Waals surface area contributed by atoms with Crippen LogP contribution in [-0.4, -0.2) is 59.9 Å². The van der Waals surface area contributed by atoms with E-state index in [-0.39, 0.29) is 17.2 Å². The lowest BCUT2D eigenvalue weighted by Crippen LogP contribution is -2.53. The zero-order chi connectivity index (χ0) is 18.9. The Bertz CT molecular complexity index is 546. The number of carbonyl (C=O) groups is 2. The first-order valence-electron chi connectivity index (χ1n) is 11.4. The summed E-state index contributed by atoms with van der Waals surface area (Å²) in [5.74, 6) is 0.848. The third kappa shape index (κ3) is 4.49. The highest BCUT2D eigenvalue weighted by Crippen LogP contribution is 2.38. The molecule has 0 aromatic rings. The molecule has 2 aliphatic heterocycles. The lowest BCUT2D eigenvalue weighted by Gasteiger charge is -2.44. The number of nitrogens with one attached hydrogen (secondary N) is 1. The van der Waals surface area contributed by atoms with Gasteiger partial charge in [0.25, 0.3) is 0 Å². The lowest BCUT2D eigenvalue weighted by atomic mass is 9.74. The molecule has 5 nitrogen and oxygen atoms in total. The molecule has 4 rings (SSSR count). The molecule has 0 aromatic carbocycles. The molecule has 27 heavy (non-hydrogen) atoms. The van der Waals surface area contributed by atoms with E-state index in [4.69, 9.17) is 0 Å². The largest absolute Gasteiger partial charge is 0.353 e. The van der Waals surface area contributed by atoms with Crippen LogP contribution in [0.25, 0.3) is 0 Å². The van der Waals surface area contributed by atoms with Gasteiger partial charge in [-0.15, -0.1) is 0 Å². The molecular formula is C22H37N3O2. The summed E-state index contributed by atoms with van der Waals surface area (Å²) >= 11 is 0. The molecule has 4 fully saturated rings. The van der Waals surface area contributed by atoms with Crippen LogP contribution >= 0.6 is 0 Å². The van der Waals surface area contributed by atoms with Gasteiger partial charge in [0.05, 0.1) is 5.92 Å². The summed E-state index contributed by atoms with van der Waals surface area (Å²) in [6, 6.07) is 1.01. The highest BCUT2D eigenvalue weighted by Gasteiger charge is 2.40. The van der Waals surface area contributed by atoms with Gasteiger partial charge in [0.15, 0.2) is 0 Å². The summed E-state index contributed by atoms with van der Waals surface area (Å²) in [4.78, 5) is 30.2. The van der Waals surface area contributed by atoms with Gasteiger partial charge in [-0.25, -0.2) is 0 Å². The Morgan fingerprint density at radius 1 is 0.889 bits per heavy atom. The fraction of sp³-hybridized carbons (Fsp3) is 0.909. The van der Waals surface area contributed by atoms with Crippen molar-refractivity contribution in [1.29, 1.82) is 0 Å².